The molecule has 1 fully saturated rings. The molecule has 1 N–H and O–H groups in total. The van der Waals surface area contributed by atoms with Gasteiger partial charge in [0.15, 0.2) is 0 Å². The Kier molecular flexibility index (Phi) is 3.97. The topological polar surface area (TPSA) is 60.2 Å². The molecule has 1 aliphatic heterocycles. The first kappa shape index (κ1) is 13.1. The molecule has 0 amide bonds. The summed E-state index contributed by atoms with van der Waals surface area (Å²) in [7, 11) is 1.65. The van der Waals surface area contributed by atoms with Crippen LogP contribution in [0.1, 0.15) is 37.6 Å². The summed E-state index contributed by atoms with van der Waals surface area (Å²) in [5.41, 5.74) is 0.910. The number of nitrogens with one attached hydrogen (secondary N) is 1. The third-order valence-electron chi connectivity index (χ3n) is 3.63. The molecular weight excluding hydrogens is 254 g/mol. The van der Waals surface area contributed by atoms with Crippen molar-refractivity contribution in [1.29, 1.82) is 0 Å². The van der Waals surface area contributed by atoms with Gasteiger partial charge >= 0.3 is 0 Å². The van der Waals surface area contributed by atoms with Crippen LogP contribution in [0.2, 0.25) is 0 Å². The van der Waals surface area contributed by atoms with Gasteiger partial charge in [-0.05, 0) is 31.5 Å². The number of hydrogen-bond acceptors (Lipinski definition) is 5. The van der Waals surface area contributed by atoms with Crippen LogP contribution in [0.15, 0.2) is 28.8 Å². The largest absolute Gasteiger partial charge is 0.497 e. The fraction of sp³-hybridized carbons (Fsp3) is 0.467. The molecule has 2 heterocycles. The second kappa shape index (κ2) is 6.05. The molecule has 2 aromatic rings. The number of hydrogen-bond donors (Lipinski definition) is 1. The second-order valence-electron chi connectivity index (χ2n) is 5.04. The number of rotatable bonds is 3. The molecule has 106 valence electrons. The lowest BCUT2D eigenvalue weighted by molar-refractivity contribution is 0.327. The van der Waals surface area contributed by atoms with Gasteiger partial charge in [0.05, 0.1) is 13.2 Å². The third-order valence-corrected chi connectivity index (χ3v) is 3.63. The molecule has 1 aliphatic rings. The molecule has 3 rings (SSSR count). The zero-order chi connectivity index (χ0) is 13.8. The lowest BCUT2D eigenvalue weighted by Gasteiger charge is -2.09. The molecule has 0 bridgehead atoms. The predicted molar refractivity (Wildman–Crippen MR) is 75.5 cm³/mol. The molecular formula is C15H19N3O2. The Balaban J connectivity index is 1.81. The van der Waals surface area contributed by atoms with Crippen molar-refractivity contribution in [3.8, 4) is 17.1 Å². The lowest BCUT2D eigenvalue weighted by atomic mass is 10.1. The van der Waals surface area contributed by atoms with Crippen molar-refractivity contribution in [2.24, 2.45) is 0 Å². The summed E-state index contributed by atoms with van der Waals surface area (Å²) in [6, 6.07) is 7.88. The van der Waals surface area contributed by atoms with Gasteiger partial charge in [0, 0.05) is 5.56 Å². The van der Waals surface area contributed by atoms with Gasteiger partial charge in [-0.3, -0.25) is 0 Å². The van der Waals surface area contributed by atoms with Crippen molar-refractivity contribution in [3.63, 3.8) is 0 Å². The number of aromatic nitrogens is 2. The Morgan fingerprint density at radius 2 is 2.25 bits per heavy atom. The second-order valence-corrected chi connectivity index (χ2v) is 5.04. The molecule has 1 saturated heterocycles. The Morgan fingerprint density at radius 1 is 1.30 bits per heavy atom. The van der Waals surface area contributed by atoms with E-state index in [-0.39, 0.29) is 6.04 Å². The van der Waals surface area contributed by atoms with E-state index < -0.39 is 0 Å². The summed E-state index contributed by atoms with van der Waals surface area (Å²) < 4.78 is 10.6. The van der Waals surface area contributed by atoms with Gasteiger partial charge in [0.2, 0.25) is 11.7 Å². The molecule has 1 aromatic carbocycles. The zero-order valence-corrected chi connectivity index (χ0v) is 11.6. The molecule has 0 spiro atoms. The van der Waals surface area contributed by atoms with Gasteiger partial charge in [-0.1, -0.05) is 30.1 Å². The van der Waals surface area contributed by atoms with Crippen LogP contribution in [0.5, 0.6) is 5.75 Å². The maximum atomic E-state index is 5.42. The maximum absolute atomic E-state index is 5.42. The minimum absolute atomic E-state index is 0.185. The minimum atomic E-state index is 0.185. The molecule has 1 unspecified atom stereocenters. The van der Waals surface area contributed by atoms with Crippen molar-refractivity contribution < 1.29 is 9.26 Å². The molecule has 0 saturated carbocycles. The van der Waals surface area contributed by atoms with Crippen LogP contribution in [-0.4, -0.2) is 23.8 Å². The maximum Gasteiger partial charge on any atom is 0.244 e. The Labute approximate surface area is 118 Å². The normalized spacial score (nSPS) is 19.6. The Morgan fingerprint density at radius 3 is 3.15 bits per heavy atom. The average molecular weight is 273 g/mol. The molecule has 1 aromatic heterocycles. The van der Waals surface area contributed by atoms with Crippen molar-refractivity contribution in [3.05, 3.63) is 30.2 Å². The van der Waals surface area contributed by atoms with E-state index in [1.165, 1.54) is 19.3 Å². The van der Waals surface area contributed by atoms with E-state index in [2.05, 4.69) is 15.5 Å². The first-order valence-corrected chi connectivity index (χ1v) is 7.08. The molecule has 0 radical (unpaired) electrons. The van der Waals surface area contributed by atoms with E-state index in [9.17, 15) is 0 Å². The fourth-order valence-corrected chi connectivity index (χ4v) is 2.50. The minimum Gasteiger partial charge on any atom is -0.497 e. The van der Waals surface area contributed by atoms with Gasteiger partial charge in [0.1, 0.15) is 5.75 Å². The van der Waals surface area contributed by atoms with E-state index in [1.807, 2.05) is 24.3 Å². The summed E-state index contributed by atoms with van der Waals surface area (Å²) in [5, 5.41) is 7.55. The summed E-state index contributed by atoms with van der Waals surface area (Å²) in [6.07, 6.45) is 4.74. The summed E-state index contributed by atoms with van der Waals surface area (Å²) >= 11 is 0. The Bertz CT molecular complexity index is 560. The zero-order valence-electron chi connectivity index (χ0n) is 11.6. The number of nitrogens with zero attached hydrogens (tertiary/aromatic N) is 2. The number of benzene rings is 1. The van der Waals surface area contributed by atoms with E-state index in [0.29, 0.717) is 11.7 Å². The number of ether oxygens (including phenoxy) is 1. The van der Waals surface area contributed by atoms with Crippen LogP contribution >= 0.6 is 0 Å². The van der Waals surface area contributed by atoms with Crippen molar-refractivity contribution in [1.82, 2.24) is 15.5 Å². The molecule has 1 atom stereocenters. The monoisotopic (exact) mass is 273 g/mol. The molecule has 0 aliphatic carbocycles. The van der Waals surface area contributed by atoms with Crippen LogP contribution in [0.25, 0.3) is 11.4 Å². The van der Waals surface area contributed by atoms with Crippen LogP contribution in [0.3, 0.4) is 0 Å². The highest BCUT2D eigenvalue weighted by molar-refractivity contribution is 5.56. The summed E-state index contributed by atoms with van der Waals surface area (Å²) in [6.45, 7) is 1.02. The van der Waals surface area contributed by atoms with Gasteiger partial charge in [-0.2, -0.15) is 4.98 Å². The van der Waals surface area contributed by atoms with Gasteiger partial charge in [0.25, 0.3) is 0 Å². The first-order chi connectivity index (χ1) is 9.86. The quantitative estimate of drug-likeness (QED) is 0.931. The van der Waals surface area contributed by atoms with Gasteiger partial charge in [-0.15, -0.1) is 0 Å². The van der Waals surface area contributed by atoms with E-state index >= 15 is 0 Å². The van der Waals surface area contributed by atoms with Gasteiger partial charge in [-0.25, -0.2) is 0 Å². The van der Waals surface area contributed by atoms with Crippen LogP contribution in [0, 0.1) is 0 Å². The highest BCUT2D eigenvalue weighted by Gasteiger charge is 2.20. The molecule has 5 nitrogen and oxygen atoms in total. The van der Waals surface area contributed by atoms with E-state index in [1.54, 1.807) is 7.11 Å². The van der Waals surface area contributed by atoms with Crippen molar-refractivity contribution in [2.75, 3.05) is 13.7 Å². The highest BCUT2D eigenvalue weighted by atomic mass is 16.5. The SMILES string of the molecule is COc1cccc(-c2noc(C3CCCCCN3)n2)c1. The van der Waals surface area contributed by atoms with E-state index in [4.69, 9.17) is 9.26 Å². The average Bonchev–Trinajstić information content (AvgIpc) is 2.83. The summed E-state index contributed by atoms with van der Waals surface area (Å²) in [4.78, 5) is 4.53. The number of methoxy groups -OCH3 is 1. The Hall–Kier alpha value is -1.88. The predicted octanol–water partition coefficient (Wildman–Crippen LogP) is 2.95. The van der Waals surface area contributed by atoms with Crippen molar-refractivity contribution in [2.45, 2.75) is 31.7 Å². The molecule has 20 heavy (non-hydrogen) atoms. The standard InChI is InChI=1S/C15H19N3O2/c1-19-12-7-5-6-11(10-12)14-17-15(20-18-14)13-8-3-2-4-9-16-13/h5-7,10,13,16H,2-4,8-9H2,1H3. The first-order valence-electron chi connectivity index (χ1n) is 7.08. The van der Waals surface area contributed by atoms with Crippen LogP contribution in [-0.2, 0) is 0 Å². The lowest BCUT2D eigenvalue weighted by Crippen LogP contribution is -2.20. The third kappa shape index (κ3) is 2.82. The van der Waals surface area contributed by atoms with Gasteiger partial charge < -0.3 is 14.6 Å². The fourth-order valence-electron chi connectivity index (χ4n) is 2.50. The van der Waals surface area contributed by atoms with Crippen LogP contribution in [0.4, 0.5) is 0 Å². The van der Waals surface area contributed by atoms with Crippen LogP contribution < -0.4 is 10.1 Å². The summed E-state index contributed by atoms with van der Waals surface area (Å²) in [5.74, 6) is 2.09. The highest BCUT2D eigenvalue weighted by Crippen LogP contribution is 2.25. The van der Waals surface area contributed by atoms with E-state index in [0.717, 1.165) is 24.3 Å². The smallest absolute Gasteiger partial charge is 0.244 e. The van der Waals surface area contributed by atoms with Crippen molar-refractivity contribution >= 4 is 0 Å². The molecule has 5 heteroatoms.